The van der Waals surface area contributed by atoms with E-state index in [9.17, 15) is 4.79 Å². The molecule has 0 saturated heterocycles. The smallest absolute Gasteiger partial charge is 0.190 e. The third-order valence-corrected chi connectivity index (χ3v) is 4.86. The molecule has 124 valence electrons. The SMILES string of the molecule is C[C@H]1CCCC(C(=O)c2ccccc2)=C1N[C@H](C)c1ccccc1. The highest BCUT2D eigenvalue weighted by Crippen LogP contribution is 2.32. The minimum atomic E-state index is 0.171. The third-order valence-electron chi connectivity index (χ3n) is 4.86. The van der Waals surface area contributed by atoms with Crippen molar-refractivity contribution in [3.8, 4) is 0 Å². The van der Waals surface area contributed by atoms with Crippen molar-refractivity contribution in [2.24, 2.45) is 5.92 Å². The zero-order chi connectivity index (χ0) is 16.9. The summed E-state index contributed by atoms with van der Waals surface area (Å²) >= 11 is 0. The highest BCUT2D eigenvalue weighted by molar-refractivity contribution is 6.09. The fraction of sp³-hybridized carbons (Fsp3) is 0.318. The Morgan fingerprint density at radius 1 is 1.04 bits per heavy atom. The lowest BCUT2D eigenvalue weighted by Crippen LogP contribution is -2.28. The van der Waals surface area contributed by atoms with E-state index in [-0.39, 0.29) is 11.8 Å². The van der Waals surface area contributed by atoms with Crippen molar-refractivity contribution in [3.63, 3.8) is 0 Å². The maximum atomic E-state index is 13.0. The molecule has 1 aliphatic carbocycles. The summed E-state index contributed by atoms with van der Waals surface area (Å²) < 4.78 is 0. The summed E-state index contributed by atoms with van der Waals surface area (Å²) in [4.78, 5) is 13.0. The lowest BCUT2D eigenvalue weighted by atomic mass is 9.84. The van der Waals surface area contributed by atoms with Crippen LogP contribution in [-0.4, -0.2) is 5.78 Å². The Kier molecular flexibility index (Phi) is 5.14. The minimum absolute atomic E-state index is 0.171. The molecular formula is C22H25NO. The summed E-state index contributed by atoms with van der Waals surface area (Å²) in [5.74, 6) is 0.567. The van der Waals surface area contributed by atoms with Gasteiger partial charge >= 0.3 is 0 Å². The maximum Gasteiger partial charge on any atom is 0.190 e. The van der Waals surface area contributed by atoms with Gasteiger partial charge in [0.15, 0.2) is 5.78 Å². The maximum absolute atomic E-state index is 13.0. The van der Waals surface area contributed by atoms with Crippen molar-refractivity contribution >= 4 is 5.78 Å². The Morgan fingerprint density at radius 3 is 2.33 bits per heavy atom. The molecule has 0 heterocycles. The van der Waals surface area contributed by atoms with Gasteiger partial charge in [0.1, 0.15) is 0 Å². The van der Waals surface area contributed by atoms with Crippen LogP contribution in [0.25, 0.3) is 0 Å². The van der Waals surface area contributed by atoms with E-state index in [1.54, 1.807) is 0 Å². The van der Waals surface area contributed by atoms with Crippen LogP contribution in [0.1, 0.15) is 55.1 Å². The summed E-state index contributed by atoms with van der Waals surface area (Å²) in [6.07, 6.45) is 3.08. The molecule has 0 saturated carbocycles. The molecule has 0 radical (unpaired) electrons. The van der Waals surface area contributed by atoms with Gasteiger partial charge in [-0.05, 0) is 37.7 Å². The molecular weight excluding hydrogens is 294 g/mol. The van der Waals surface area contributed by atoms with Gasteiger partial charge in [-0.25, -0.2) is 0 Å². The van der Waals surface area contributed by atoms with Crippen molar-refractivity contribution in [2.45, 2.75) is 39.2 Å². The zero-order valence-electron chi connectivity index (χ0n) is 14.5. The summed E-state index contributed by atoms with van der Waals surface area (Å²) in [7, 11) is 0. The molecule has 2 aromatic rings. The third kappa shape index (κ3) is 3.59. The van der Waals surface area contributed by atoms with Gasteiger partial charge in [0, 0.05) is 22.9 Å². The monoisotopic (exact) mass is 319 g/mol. The van der Waals surface area contributed by atoms with Crippen molar-refractivity contribution in [1.29, 1.82) is 0 Å². The molecule has 0 spiro atoms. The van der Waals surface area contributed by atoms with Crippen molar-refractivity contribution in [3.05, 3.63) is 83.1 Å². The number of rotatable bonds is 5. The van der Waals surface area contributed by atoms with Gasteiger partial charge in [0.2, 0.25) is 0 Å². The average molecular weight is 319 g/mol. The molecule has 0 aromatic heterocycles. The van der Waals surface area contributed by atoms with Crippen LogP contribution in [0.3, 0.4) is 0 Å². The quantitative estimate of drug-likeness (QED) is 0.758. The number of nitrogens with one attached hydrogen (secondary N) is 1. The molecule has 0 bridgehead atoms. The molecule has 2 nitrogen and oxygen atoms in total. The molecule has 0 fully saturated rings. The van der Waals surface area contributed by atoms with Crippen LogP contribution < -0.4 is 5.32 Å². The number of allylic oxidation sites excluding steroid dienone is 2. The van der Waals surface area contributed by atoms with Gasteiger partial charge < -0.3 is 5.32 Å². The van der Waals surface area contributed by atoms with E-state index in [0.29, 0.717) is 5.92 Å². The Balaban J connectivity index is 1.90. The highest BCUT2D eigenvalue weighted by Gasteiger charge is 2.26. The number of benzene rings is 2. The average Bonchev–Trinajstić information content (AvgIpc) is 2.64. The lowest BCUT2D eigenvalue weighted by Gasteiger charge is -2.29. The molecule has 2 atom stereocenters. The number of ketones is 1. The highest BCUT2D eigenvalue weighted by atomic mass is 16.1. The van der Waals surface area contributed by atoms with Gasteiger partial charge in [0.05, 0.1) is 0 Å². The van der Waals surface area contributed by atoms with Crippen molar-refractivity contribution in [2.75, 3.05) is 0 Å². The first-order chi connectivity index (χ1) is 11.7. The van der Waals surface area contributed by atoms with Gasteiger partial charge in [-0.3, -0.25) is 4.79 Å². The second-order valence-corrected chi connectivity index (χ2v) is 6.66. The van der Waals surface area contributed by atoms with Crippen LogP contribution >= 0.6 is 0 Å². The lowest BCUT2D eigenvalue weighted by molar-refractivity contribution is 0.102. The second kappa shape index (κ2) is 7.48. The van der Waals surface area contributed by atoms with E-state index >= 15 is 0 Å². The molecule has 3 rings (SSSR count). The molecule has 2 heteroatoms. The molecule has 0 unspecified atom stereocenters. The molecule has 2 aromatic carbocycles. The topological polar surface area (TPSA) is 29.1 Å². The van der Waals surface area contributed by atoms with Gasteiger partial charge in [-0.2, -0.15) is 0 Å². The van der Waals surface area contributed by atoms with Crippen molar-refractivity contribution in [1.82, 2.24) is 5.32 Å². The first kappa shape index (κ1) is 16.5. The van der Waals surface area contributed by atoms with E-state index in [4.69, 9.17) is 0 Å². The largest absolute Gasteiger partial charge is 0.381 e. The molecule has 0 amide bonds. The number of hydrogen-bond donors (Lipinski definition) is 1. The summed E-state index contributed by atoms with van der Waals surface area (Å²) in [5.41, 5.74) is 4.12. The number of Topliss-reactive ketones (excluding diaryl/α,β-unsaturated/α-hetero) is 1. The Morgan fingerprint density at radius 2 is 1.67 bits per heavy atom. The van der Waals surface area contributed by atoms with E-state index < -0.39 is 0 Å². The minimum Gasteiger partial charge on any atom is -0.381 e. The number of carbonyl (C=O) groups excluding carboxylic acids is 1. The van der Waals surface area contributed by atoms with E-state index in [0.717, 1.165) is 36.1 Å². The predicted octanol–water partition coefficient (Wildman–Crippen LogP) is 5.29. The molecule has 1 N–H and O–H groups in total. The Hall–Kier alpha value is -2.35. The fourth-order valence-electron chi connectivity index (χ4n) is 3.45. The van der Waals surface area contributed by atoms with Gasteiger partial charge in [0.25, 0.3) is 0 Å². The molecule has 1 aliphatic rings. The standard InChI is InChI=1S/C22H25NO/c1-16-10-9-15-20(22(24)19-13-7-4-8-14-19)21(16)23-17(2)18-11-5-3-6-12-18/h3-8,11-14,16-17,23H,9-10,15H2,1-2H3/t16-,17+/m0/s1. The second-order valence-electron chi connectivity index (χ2n) is 6.66. The van der Waals surface area contributed by atoms with E-state index in [1.807, 2.05) is 36.4 Å². The Labute approximate surface area is 144 Å². The van der Waals surface area contributed by atoms with E-state index in [1.165, 1.54) is 5.56 Å². The normalized spacial score (nSPS) is 19.0. The van der Waals surface area contributed by atoms with Crippen molar-refractivity contribution < 1.29 is 4.79 Å². The fourth-order valence-corrected chi connectivity index (χ4v) is 3.45. The number of carbonyl (C=O) groups is 1. The zero-order valence-corrected chi connectivity index (χ0v) is 14.5. The molecule has 24 heavy (non-hydrogen) atoms. The van der Waals surface area contributed by atoms with Gasteiger partial charge in [-0.1, -0.05) is 67.6 Å². The van der Waals surface area contributed by atoms with Crippen LogP contribution in [0.4, 0.5) is 0 Å². The first-order valence-corrected chi connectivity index (χ1v) is 8.81. The summed E-state index contributed by atoms with van der Waals surface area (Å²) in [6.45, 7) is 4.38. The Bertz CT molecular complexity index is 718. The van der Waals surface area contributed by atoms with Crippen LogP contribution in [0, 0.1) is 5.92 Å². The predicted molar refractivity (Wildman–Crippen MR) is 98.8 cm³/mol. The van der Waals surface area contributed by atoms with Crippen LogP contribution in [-0.2, 0) is 0 Å². The van der Waals surface area contributed by atoms with Crippen LogP contribution in [0.5, 0.6) is 0 Å². The summed E-state index contributed by atoms with van der Waals surface area (Å²) in [6, 6.07) is 20.2. The van der Waals surface area contributed by atoms with Crippen LogP contribution in [0.15, 0.2) is 71.9 Å². The summed E-state index contributed by atoms with van der Waals surface area (Å²) in [5, 5.41) is 3.64. The number of hydrogen-bond acceptors (Lipinski definition) is 2. The van der Waals surface area contributed by atoms with Crippen LogP contribution in [0.2, 0.25) is 0 Å². The molecule has 0 aliphatic heterocycles. The first-order valence-electron chi connectivity index (χ1n) is 8.81. The van der Waals surface area contributed by atoms with Gasteiger partial charge in [-0.15, -0.1) is 0 Å². The van der Waals surface area contributed by atoms with E-state index in [2.05, 4.69) is 43.4 Å².